The predicted octanol–water partition coefficient (Wildman–Crippen LogP) is 0.405. The summed E-state index contributed by atoms with van der Waals surface area (Å²) in [6, 6.07) is 3.88. The zero-order valence-corrected chi connectivity index (χ0v) is 11.5. The van der Waals surface area contributed by atoms with Gasteiger partial charge in [0, 0.05) is 45.5 Å². The molecule has 0 bridgehead atoms. The molecule has 1 aromatic rings. The summed E-state index contributed by atoms with van der Waals surface area (Å²) >= 11 is 0. The average molecular weight is 271 g/mol. The van der Waals surface area contributed by atoms with Crippen molar-refractivity contribution in [2.24, 2.45) is 5.92 Å². The Bertz CT molecular complexity index is 407. The third-order valence-electron chi connectivity index (χ3n) is 2.90. The van der Waals surface area contributed by atoms with Gasteiger partial charge in [-0.2, -0.15) is 0 Å². The van der Waals surface area contributed by atoms with Crippen LogP contribution in [0.1, 0.15) is 5.56 Å². The molecule has 0 spiro atoms. The normalized spacial score (nSPS) is 14.3. The largest absolute Gasteiger partial charge is 0.362 e. The number of rotatable bonds is 4. The number of nitrogens with one attached hydrogen (secondary N) is 2. The maximum atomic E-state index is 11.7. The molecule has 0 unspecified atom stereocenters. The van der Waals surface area contributed by atoms with Gasteiger partial charge >= 0.3 is 0 Å². The van der Waals surface area contributed by atoms with Gasteiger partial charge in [-0.1, -0.05) is 6.07 Å². The number of hydrogen-bond donors (Lipinski definition) is 2. The topological polar surface area (TPSA) is 57.3 Å². The molecule has 6 heteroatoms. The summed E-state index contributed by atoms with van der Waals surface area (Å²) in [5.74, 6) is 1.16. The first kappa shape index (κ1) is 14.7. The Kier molecular flexibility index (Phi) is 5.37. The number of pyridine rings is 1. The number of carbonyl (C=O) groups is 1. The van der Waals surface area contributed by atoms with Crippen LogP contribution < -0.4 is 15.5 Å². The first-order chi connectivity index (χ1) is 8.18. The van der Waals surface area contributed by atoms with Crippen LogP contribution in [-0.4, -0.2) is 38.1 Å². The van der Waals surface area contributed by atoms with Crippen LogP contribution in [0, 0.1) is 5.92 Å². The van der Waals surface area contributed by atoms with Crippen molar-refractivity contribution < 1.29 is 4.79 Å². The van der Waals surface area contributed by atoms with E-state index in [4.69, 9.17) is 0 Å². The highest BCUT2D eigenvalue weighted by Crippen LogP contribution is 2.14. The summed E-state index contributed by atoms with van der Waals surface area (Å²) in [5, 5.41) is 6.04. The summed E-state index contributed by atoms with van der Waals surface area (Å²) in [6.07, 6.45) is 1.76. The third kappa shape index (κ3) is 3.34. The van der Waals surface area contributed by atoms with Gasteiger partial charge in [0.25, 0.3) is 0 Å². The number of halogens is 1. The second-order valence-electron chi connectivity index (χ2n) is 4.45. The van der Waals surface area contributed by atoms with Crippen LogP contribution in [0.3, 0.4) is 0 Å². The molecule has 1 saturated heterocycles. The number of hydrogen-bond acceptors (Lipinski definition) is 4. The number of aromatic nitrogens is 1. The van der Waals surface area contributed by atoms with Gasteiger partial charge in [0.15, 0.2) is 0 Å². The lowest BCUT2D eigenvalue weighted by Gasteiger charge is -2.26. The van der Waals surface area contributed by atoms with E-state index in [0.29, 0.717) is 6.54 Å². The maximum Gasteiger partial charge on any atom is 0.225 e. The number of carbonyl (C=O) groups excluding carboxylic acids is 1. The molecular weight excluding hydrogens is 252 g/mol. The van der Waals surface area contributed by atoms with Crippen molar-refractivity contribution >= 4 is 24.1 Å². The molecule has 100 valence electrons. The second kappa shape index (κ2) is 6.56. The molecule has 1 aliphatic rings. The lowest BCUT2D eigenvalue weighted by molar-refractivity contribution is -0.126. The Balaban J connectivity index is 0.00000162. The van der Waals surface area contributed by atoms with Crippen LogP contribution in [0.25, 0.3) is 0 Å². The minimum atomic E-state index is 0. The zero-order chi connectivity index (χ0) is 12.3. The lowest BCUT2D eigenvalue weighted by Crippen LogP contribution is -2.50. The fourth-order valence-electron chi connectivity index (χ4n) is 1.77. The molecule has 0 aromatic carbocycles. The molecule has 1 aromatic heterocycles. The summed E-state index contributed by atoms with van der Waals surface area (Å²) in [4.78, 5) is 17.9. The Hall–Kier alpha value is -1.33. The SMILES string of the molecule is CN(C)c1ncccc1CNC(=O)C1CNC1.Cl. The van der Waals surface area contributed by atoms with E-state index < -0.39 is 0 Å². The molecule has 0 radical (unpaired) electrons. The zero-order valence-electron chi connectivity index (χ0n) is 10.6. The molecule has 0 saturated carbocycles. The molecule has 1 aliphatic heterocycles. The van der Waals surface area contributed by atoms with Gasteiger partial charge < -0.3 is 15.5 Å². The van der Waals surface area contributed by atoms with Crippen LogP contribution >= 0.6 is 12.4 Å². The van der Waals surface area contributed by atoms with E-state index in [1.807, 2.05) is 31.1 Å². The Labute approximate surface area is 113 Å². The van der Waals surface area contributed by atoms with Crippen LogP contribution in [0.5, 0.6) is 0 Å². The summed E-state index contributed by atoms with van der Waals surface area (Å²) in [7, 11) is 3.90. The fraction of sp³-hybridized carbons (Fsp3) is 0.500. The monoisotopic (exact) mass is 270 g/mol. The standard InChI is InChI=1S/C12H18N4O.ClH/c1-16(2)11-9(4-3-5-14-11)8-15-12(17)10-6-13-7-10;/h3-5,10,13H,6-8H2,1-2H3,(H,15,17);1H. The maximum absolute atomic E-state index is 11.7. The number of anilines is 1. The molecule has 1 fully saturated rings. The van der Waals surface area contributed by atoms with Gasteiger partial charge in [-0.25, -0.2) is 4.98 Å². The number of amides is 1. The van der Waals surface area contributed by atoms with Crippen molar-refractivity contribution in [1.82, 2.24) is 15.6 Å². The van der Waals surface area contributed by atoms with Crippen molar-refractivity contribution in [2.75, 3.05) is 32.1 Å². The highest BCUT2D eigenvalue weighted by molar-refractivity contribution is 5.85. The molecule has 5 nitrogen and oxygen atoms in total. The predicted molar refractivity (Wildman–Crippen MR) is 74.0 cm³/mol. The molecule has 2 rings (SSSR count). The summed E-state index contributed by atoms with van der Waals surface area (Å²) in [5.41, 5.74) is 1.04. The van der Waals surface area contributed by atoms with Gasteiger partial charge in [-0.05, 0) is 6.07 Å². The van der Waals surface area contributed by atoms with E-state index in [1.165, 1.54) is 0 Å². The van der Waals surface area contributed by atoms with E-state index in [1.54, 1.807) is 6.20 Å². The van der Waals surface area contributed by atoms with Crippen molar-refractivity contribution in [3.05, 3.63) is 23.9 Å². The second-order valence-corrected chi connectivity index (χ2v) is 4.45. The quantitative estimate of drug-likeness (QED) is 0.832. The van der Waals surface area contributed by atoms with Gasteiger partial charge in [0.1, 0.15) is 5.82 Å². The highest BCUT2D eigenvalue weighted by Gasteiger charge is 2.24. The van der Waals surface area contributed by atoms with E-state index in [-0.39, 0.29) is 24.2 Å². The Morgan fingerprint density at radius 2 is 2.28 bits per heavy atom. The van der Waals surface area contributed by atoms with E-state index in [0.717, 1.165) is 24.5 Å². The van der Waals surface area contributed by atoms with Gasteiger partial charge in [-0.15, -0.1) is 12.4 Å². The Morgan fingerprint density at radius 1 is 1.56 bits per heavy atom. The van der Waals surface area contributed by atoms with E-state index >= 15 is 0 Å². The van der Waals surface area contributed by atoms with Gasteiger partial charge in [0.05, 0.1) is 5.92 Å². The fourth-order valence-corrected chi connectivity index (χ4v) is 1.77. The van der Waals surface area contributed by atoms with Crippen molar-refractivity contribution in [1.29, 1.82) is 0 Å². The van der Waals surface area contributed by atoms with E-state index in [9.17, 15) is 4.79 Å². The van der Waals surface area contributed by atoms with Crippen LogP contribution in [0.2, 0.25) is 0 Å². The first-order valence-electron chi connectivity index (χ1n) is 5.78. The van der Waals surface area contributed by atoms with E-state index in [2.05, 4.69) is 15.6 Å². The van der Waals surface area contributed by atoms with Crippen molar-refractivity contribution in [3.8, 4) is 0 Å². The molecule has 0 atom stereocenters. The van der Waals surface area contributed by atoms with Crippen LogP contribution in [0.4, 0.5) is 5.82 Å². The number of nitrogens with zero attached hydrogens (tertiary/aromatic N) is 2. The van der Waals surface area contributed by atoms with Crippen LogP contribution in [-0.2, 0) is 11.3 Å². The molecule has 18 heavy (non-hydrogen) atoms. The van der Waals surface area contributed by atoms with Crippen molar-refractivity contribution in [2.45, 2.75) is 6.54 Å². The average Bonchev–Trinajstić information content (AvgIpc) is 2.24. The molecule has 1 amide bonds. The summed E-state index contributed by atoms with van der Waals surface area (Å²) in [6.45, 7) is 2.12. The minimum Gasteiger partial charge on any atom is -0.362 e. The minimum absolute atomic E-state index is 0. The molecule has 0 aliphatic carbocycles. The summed E-state index contributed by atoms with van der Waals surface area (Å²) < 4.78 is 0. The van der Waals surface area contributed by atoms with Gasteiger partial charge in [0.2, 0.25) is 5.91 Å². The first-order valence-corrected chi connectivity index (χ1v) is 5.78. The molecular formula is C12H19ClN4O. The lowest BCUT2D eigenvalue weighted by atomic mass is 10.0. The smallest absolute Gasteiger partial charge is 0.225 e. The van der Waals surface area contributed by atoms with Crippen LogP contribution in [0.15, 0.2) is 18.3 Å². The third-order valence-corrected chi connectivity index (χ3v) is 2.90. The van der Waals surface area contributed by atoms with Gasteiger partial charge in [-0.3, -0.25) is 4.79 Å². The highest BCUT2D eigenvalue weighted by atomic mass is 35.5. The molecule has 2 N–H and O–H groups in total. The van der Waals surface area contributed by atoms with Crippen molar-refractivity contribution in [3.63, 3.8) is 0 Å². The Morgan fingerprint density at radius 3 is 2.83 bits per heavy atom. The molecule has 2 heterocycles.